The van der Waals surface area contributed by atoms with Crippen LogP contribution in [0.15, 0.2) is 53.7 Å². The third kappa shape index (κ3) is 4.10. The Morgan fingerprint density at radius 2 is 1.97 bits per heavy atom. The molecule has 0 bridgehead atoms. The van der Waals surface area contributed by atoms with E-state index in [1.165, 1.54) is 33.5 Å². The maximum Gasteiger partial charge on any atom is 0.233 e. The summed E-state index contributed by atoms with van der Waals surface area (Å²) in [7, 11) is 1.67. The van der Waals surface area contributed by atoms with Gasteiger partial charge >= 0.3 is 0 Å². The van der Waals surface area contributed by atoms with Crippen molar-refractivity contribution < 1.29 is 14.7 Å². The standard InChI is InChI=1S/C22H22ClN5O3S/c1-27(22(13-5-4-8-19(22)30)17-6-2-3-7-18(17)23)20(31)14-32-21-24-25-26-28(21)15-9-11-16(29)12-10-15/h2-3,6-7,9-12,29H,4-5,8,13-14H2,1H3/t22-/m1/s1. The lowest BCUT2D eigenvalue weighted by Crippen LogP contribution is -2.54. The summed E-state index contributed by atoms with van der Waals surface area (Å²) in [6.07, 6.45) is 2.59. The molecule has 1 aliphatic carbocycles. The Morgan fingerprint density at radius 1 is 1.22 bits per heavy atom. The molecule has 0 saturated heterocycles. The van der Waals surface area contributed by atoms with Gasteiger partial charge in [-0.15, -0.1) is 5.10 Å². The number of hydrogen-bond acceptors (Lipinski definition) is 7. The number of Topliss-reactive ketones (excluding diaryl/α,β-unsaturated/α-hetero) is 1. The minimum Gasteiger partial charge on any atom is -0.508 e. The molecule has 32 heavy (non-hydrogen) atoms. The summed E-state index contributed by atoms with van der Waals surface area (Å²) in [4.78, 5) is 28.0. The lowest BCUT2D eigenvalue weighted by Gasteiger charge is -2.44. The van der Waals surface area contributed by atoms with Gasteiger partial charge < -0.3 is 10.0 Å². The van der Waals surface area contributed by atoms with Crippen LogP contribution < -0.4 is 0 Å². The van der Waals surface area contributed by atoms with Gasteiger partial charge in [-0.2, -0.15) is 4.68 Å². The van der Waals surface area contributed by atoms with E-state index in [0.29, 0.717) is 34.3 Å². The number of carbonyl (C=O) groups is 2. The first kappa shape index (κ1) is 22.3. The number of phenols is 1. The Hall–Kier alpha value is -2.91. The van der Waals surface area contributed by atoms with E-state index in [4.69, 9.17) is 11.6 Å². The zero-order chi connectivity index (χ0) is 22.7. The SMILES string of the molecule is CN(C(=O)CSc1nnnn1-c1ccc(O)cc1)[C@@]1(c2ccccc2Cl)CCCCC1=O. The van der Waals surface area contributed by atoms with Crippen molar-refractivity contribution in [2.24, 2.45) is 0 Å². The molecular formula is C22H22ClN5O3S. The number of ketones is 1. The molecule has 1 aromatic heterocycles. The number of likely N-dealkylation sites (N-methyl/N-ethyl adjacent to an activating group) is 1. The third-order valence-corrected chi connectivity index (χ3v) is 7.01. The maximum absolute atomic E-state index is 13.3. The third-order valence-electron chi connectivity index (χ3n) is 5.78. The van der Waals surface area contributed by atoms with E-state index in [1.54, 1.807) is 25.2 Å². The van der Waals surface area contributed by atoms with Gasteiger partial charge in [0, 0.05) is 24.1 Å². The van der Waals surface area contributed by atoms with E-state index in [9.17, 15) is 14.7 Å². The molecule has 0 aliphatic heterocycles. The van der Waals surface area contributed by atoms with Gasteiger partial charge in [0.1, 0.15) is 11.3 Å². The Bertz CT molecular complexity index is 1140. The van der Waals surface area contributed by atoms with Crippen LogP contribution in [0.5, 0.6) is 5.75 Å². The number of nitrogens with zero attached hydrogens (tertiary/aromatic N) is 5. The summed E-state index contributed by atoms with van der Waals surface area (Å²) in [5.74, 6) is -0.0269. The first-order valence-electron chi connectivity index (χ1n) is 10.2. The van der Waals surface area contributed by atoms with E-state index in [-0.39, 0.29) is 23.2 Å². The second-order valence-corrected chi connectivity index (χ2v) is 8.95. The average molecular weight is 472 g/mol. The van der Waals surface area contributed by atoms with Crippen LogP contribution in [-0.2, 0) is 15.1 Å². The molecule has 10 heteroatoms. The number of benzene rings is 2. The van der Waals surface area contributed by atoms with Crippen LogP contribution in [0.3, 0.4) is 0 Å². The Kier molecular flexibility index (Phi) is 6.48. The van der Waals surface area contributed by atoms with Gasteiger partial charge in [0.05, 0.1) is 11.4 Å². The molecule has 1 heterocycles. The molecule has 0 unspecified atom stereocenters. The minimum atomic E-state index is -1.07. The quantitative estimate of drug-likeness (QED) is 0.548. The number of rotatable bonds is 6. The van der Waals surface area contributed by atoms with Crippen LogP contribution in [0.1, 0.15) is 31.2 Å². The normalized spacial score (nSPS) is 18.5. The molecule has 1 amide bonds. The van der Waals surface area contributed by atoms with Crippen molar-refractivity contribution in [2.75, 3.05) is 12.8 Å². The van der Waals surface area contributed by atoms with Crippen molar-refractivity contribution >= 4 is 35.1 Å². The molecule has 4 rings (SSSR count). The molecule has 8 nitrogen and oxygen atoms in total. The zero-order valence-corrected chi connectivity index (χ0v) is 19.0. The van der Waals surface area contributed by atoms with Crippen molar-refractivity contribution in [1.29, 1.82) is 0 Å². The molecule has 1 saturated carbocycles. The van der Waals surface area contributed by atoms with Gasteiger partial charge in [-0.25, -0.2) is 0 Å². The highest BCUT2D eigenvalue weighted by Crippen LogP contribution is 2.42. The number of carbonyl (C=O) groups excluding carboxylic acids is 2. The number of tetrazole rings is 1. The molecule has 2 aromatic carbocycles. The predicted octanol–water partition coefficient (Wildman–Crippen LogP) is 3.61. The van der Waals surface area contributed by atoms with Crippen LogP contribution in [0, 0.1) is 0 Å². The molecular weight excluding hydrogens is 450 g/mol. The van der Waals surface area contributed by atoms with E-state index in [0.717, 1.165) is 12.8 Å². The summed E-state index contributed by atoms with van der Waals surface area (Å²) < 4.78 is 1.49. The first-order chi connectivity index (χ1) is 15.4. The smallest absolute Gasteiger partial charge is 0.233 e. The van der Waals surface area contributed by atoms with Crippen LogP contribution >= 0.6 is 23.4 Å². The maximum atomic E-state index is 13.3. The molecule has 0 spiro atoms. The number of halogens is 1. The van der Waals surface area contributed by atoms with Crippen molar-refractivity contribution in [3.63, 3.8) is 0 Å². The van der Waals surface area contributed by atoms with Gasteiger partial charge in [0.15, 0.2) is 5.78 Å². The van der Waals surface area contributed by atoms with E-state index in [1.807, 2.05) is 18.2 Å². The summed E-state index contributed by atoms with van der Waals surface area (Å²) in [6, 6.07) is 13.6. The summed E-state index contributed by atoms with van der Waals surface area (Å²) in [5.41, 5.74) is 0.254. The van der Waals surface area contributed by atoms with Gasteiger partial charge in [-0.05, 0) is 60.0 Å². The molecule has 0 radical (unpaired) electrons. The highest BCUT2D eigenvalue weighted by molar-refractivity contribution is 7.99. The predicted molar refractivity (Wildman–Crippen MR) is 121 cm³/mol. The minimum absolute atomic E-state index is 0.00614. The van der Waals surface area contributed by atoms with Crippen LogP contribution in [0.2, 0.25) is 5.02 Å². The van der Waals surface area contributed by atoms with E-state index in [2.05, 4.69) is 15.5 Å². The van der Waals surface area contributed by atoms with Gasteiger partial charge in [-0.3, -0.25) is 9.59 Å². The van der Waals surface area contributed by atoms with Gasteiger partial charge in [0.25, 0.3) is 0 Å². The van der Waals surface area contributed by atoms with Crippen molar-refractivity contribution in [3.05, 3.63) is 59.1 Å². The zero-order valence-electron chi connectivity index (χ0n) is 17.4. The van der Waals surface area contributed by atoms with Gasteiger partial charge in [-0.1, -0.05) is 41.6 Å². The monoisotopic (exact) mass is 471 g/mol. The lowest BCUT2D eigenvalue weighted by molar-refractivity contribution is -0.146. The lowest BCUT2D eigenvalue weighted by atomic mass is 9.74. The highest BCUT2D eigenvalue weighted by Gasteiger charge is 2.47. The van der Waals surface area contributed by atoms with Crippen LogP contribution in [0.25, 0.3) is 5.69 Å². The first-order valence-corrected chi connectivity index (χ1v) is 11.6. The molecule has 1 N–H and O–H groups in total. The van der Waals surface area contributed by atoms with Crippen molar-refractivity contribution in [3.8, 4) is 11.4 Å². The summed E-state index contributed by atoms with van der Waals surface area (Å²) in [6.45, 7) is 0. The Balaban J connectivity index is 1.57. The van der Waals surface area contributed by atoms with E-state index >= 15 is 0 Å². The fourth-order valence-corrected chi connectivity index (χ4v) is 5.19. The van der Waals surface area contributed by atoms with Crippen molar-refractivity contribution in [1.82, 2.24) is 25.1 Å². The number of phenolic OH excluding ortho intramolecular Hbond substituents is 1. The average Bonchev–Trinajstić information content (AvgIpc) is 3.27. The largest absolute Gasteiger partial charge is 0.508 e. The molecule has 1 fully saturated rings. The molecule has 1 atom stereocenters. The number of aromatic hydroxyl groups is 1. The molecule has 1 aliphatic rings. The second-order valence-electron chi connectivity index (χ2n) is 7.60. The summed E-state index contributed by atoms with van der Waals surface area (Å²) in [5, 5.41) is 22.1. The Labute approximate surface area is 194 Å². The second kappa shape index (κ2) is 9.30. The number of amides is 1. The summed E-state index contributed by atoms with van der Waals surface area (Å²) >= 11 is 7.66. The fourth-order valence-electron chi connectivity index (χ4n) is 4.09. The van der Waals surface area contributed by atoms with Crippen molar-refractivity contribution in [2.45, 2.75) is 36.4 Å². The van der Waals surface area contributed by atoms with Gasteiger partial charge in [0.2, 0.25) is 11.1 Å². The number of hydrogen-bond donors (Lipinski definition) is 1. The van der Waals surface area contributed by atoms with Crippen LogP contribution in [0.4, 0.5) is 0 Å². The number of thioether (sulfide) groups is 1. The van der Waals surface area contributed by atoms with Crippen LogP contribution in [-0.4, -0.2) is 54.7 Å². The highest BCUT2D eigenvalue weighted by atomic mass is 35.5. The number of aromatic nitrogens is 4. The fraction of sp³-hybridized carbons (Fsp3) is 0.318. The Morgan fingerprint density at radius 3 is 2.69 bits per heavy atom. The van der Waals surface area contributed by atoms with E-state index < -0.39 is 5.54 Å². The molecule has 3 aromatic rings. The topological polar surface area (TPSA) is 101 Å². The molecule has 166 valence electrons.